The predicted molar refractivity (Wildman–Crippen MR) is 144 cm³/mol. The summed E-state index contributed by atoms with van der Waals surface area (Å²) in [6.07, 6.45) is 33.7. The molecule has 0 radical (unpaired) electrons. The summed E-state index contributed by atoms with van der Waals surface area (Å²) >= 11 is 0. The van der Waals surface area contributed by atoms with Crippen molar-refractivity contribution in [2.24, 2.45) is 0 Å². The highest BCUT2D eigenvalue weighted by molar-refractivity contribution is 6.08. The third-order valence-electron chi connectivity index (χ3n) is 7.37. The van der Waals surface area contributed by atoms with Crippen LogP contribution in [0.2, 0.25) is 0 Å². The van der Waals surface area contributed by atoms with E-state index in [-0.39, 0.29) is 0 Å². The van der Waals surface area contributed by atoms with Crippen LogP contribution in [-0.4, -0.2) is 41.0 Å². The van der Waals surface area contributed by atoms with Gasteiger partial charge >= 0.3 is 0 Å². The summed E-state index contributed by atoms with van der Waals surface area (Å²) in [4.78, 5) is 0. The van der Waals surface area contributed by atoms with E-state index < -0.39 is 0 Å². The Hall–Kier alpha value is 0.177. The lowest BCUT2D eigenvalue weighted by Crippen LogP contribution is -2.46. The van der Waals surface area contributed by atoms with Gasteiger partial charge in [-0.05, 0) is 25.7 Å². The second-order valence-corrected chi connectivity index (χ2v) is 11.1. The zero-order valence-electron chi connectivity index (χ0n) is 22.1. The molecule has 1 nitrogen and oxygen atoms in total. The van der Waals surface area contributed by atoms with Gasteiger partial charge in [-0.2, -0.15) is 0 Å². The summed E-state index contributed by atoms with van der Waals surface area (Å²) in [7, 11) is 3.90. The highest BCUT2D eigenvalue weighted by Crippen LogP contribution is 2.15. The Kier molecular flexibility index (Phi) is 24.0. The quantitative estimate of drug-likeness (QED) is 0.0759. The Morgan fingerprint density at radius 3 is 0.867 bits per heavy atom. The largest absolute Gasteiger partial charge is 0.330 e. The summed E-state index contributed by atoms with van der Waals surface area (Å²) in [5, 5.41) is 0. The van der Waals surface area contributed by atoms with E-state index in [1.807, 2.05) is 0 Å². The van der Waals surface area contributed by atoms with E-state index in [9.17, 15) is 0 Å². The molecular formula is C28H62NSi+. The molecule has 0 aliphatic heterocycles. The molecule has 30 heavy (non-hydrogen) atoms. The Morgan fingerprint density at radius 1 is 0.400 bits per heavy atom. The van der Waals surface area contributed by atoms with Crippen LogP contribution in [0.3, 0.4) is 0 Å². The molecular weight excluding hydrogens is 378 g/mol. The van der Waals surface area contributed by atoms with Crippen molar-refractivity contribution in [3.8, 4) is 0 Å². The number of nitrogens with zero attached hydrogens (tertiary/aromatic N) is 1. The lowest BCUT2D eigenvalue weighted by molar-refractivity contribution is -0.899. The lowest BCUT2D eigenvalue weighted by Gasteiger charge is -2.34. The first-order valence-electron chi connectivity index (χ1n) is 14.5. The van der Waals surface area contributed by atoms with E-state index in [0.717, 1.165) is 0 Å². The monoisotopic (exact) mass is 440 g/mol. The predicted octanol–water partition coefficient (Wildman–Crippen LogP) is 8.38. The minimum Gasteiger partial charge on any atom is -0.330 e. The first kappa shape index (κ1) is 30.2. The second kappa shape index (κ2) is 23.8. The van der Waals surface area contributed by atoms with E-state index in [4.69, 9.17) is 0 Å². The van der Waals surface area contributed by atoms with Crippen molar-refractivity contribution in [3.63, 3.8) is 0 Å². The van der Waals surface area contributed by atoms with Crippen molar-refractivity contribution in [2.75, 3.05) is 26.3 Å². The van der Waals surface area contributed by atoms with Gasteiger partial charge in [-0.15, -0.1) is 0 Å². The van der Waals surface area contributed by atoms with Gasteiger partial charge in [0, 0.05) is 0 Å². The molecule has 0 aromatic rings. The fourth-order valence-electron chi connectivity index (χ4n) is 4.74. The molecule has 0 aromatic carbocycles. The first-order chi connectivity index (χ1) is 14.7. The average molecular weight is 441 g/mol. The molecule has 0 atom stereocenters. The van der Waals surface area contributed by atoms with Gasteiger partial charge in [-0.1, -0.05) is 129 Å². The summed E-state index contributed by atoms with van der Waals surface area (Å²) in [5.41, 5.74) is 0. The first-order valence-corrected chi connectivity index (χ1v) is 15.9. The van der Waals surface area contributed by atoms with Gasteiger partial charge in [-0.3, -0.25) is 0 Å². The molecule has 0 spiro atoms. The average Bonchev–Trinajstić information content (AvgIpc) is 2.76. The third-order valence-corrected chi connectivity index (χ3v) is 8.89. The molecule has 0 heterocycles. The van der Waals surface area contributed by atoms with E-state index in [0.29, 0.717) is 0 Å². The van der Waals surface area contributed by atoms with Crippen LogP contribution in [0, 0.1) is 0 Å². The highest BCUT2D eigenvalue weighted by atomic mass is 28.1. The molecule has 0 N–H and O–H groups in total. The molecule has 0 amide bonds. The van der Waals surface area contributed by atoms with E-state index in [1.165, 1.54) is 175 Å². The maximum atomic E-state index is 2.54. The van der Waals surface area contributed by atoms with Crippen LogP contribution in [0.15, 0.2) is 0 Å². The van der Waals surface area contributed by atoms with Crippen molar-refractivity contribution in [3.05, 3.63) is 0 Å². The molecule has 0 aliphatic carbocycles. The second-order valence-electron chi connectivity index (χ2n) is 10.5. The lowest BCUT2D eigenvalue weighted by atomic mass is 10.1. The number of rotatable bonds is 25. The molecule has 0 bridgehead atoms. The molecule has 0 aromatic heterocycles. The van der Waals surface area contributed by atoms with Crippen LogP contribution in [0.25, 0.3) is 0 Å². The van der Waals surface area contributed by atoms with Crippen molar-refractivity contribution in [1.82, 2.24) is 0 Å². The Bertz CT molecular complexity index is 292. The maximum absolute atomic E-state index is 2.54. The molecule has 182 valence electrons. The normalized spacial score (nSPS) is 12.1. The van der Waals surface area contributed by atoms with Crippen LogP contribution in [0.4, 0.5) is 0 Å². The number of quaternary nitrogens is 1. The highest BCUT2D eigenvalue weighted by Gasteiger charge is 2.17. The zero-order chi connectivity index (χ0) is 22.2. The molecule has 0 saturated heterocycles. The van der Waals surface area contributed by atoms with Gasteiger partial charge in [0.05, 0.1) is 36.5 Å². The third kappa shape index (κ3) is 21.4. The summed E-state index contributed by atoms with van der Waals surface area (Å²) in [6, 6.07) is 0. The summed E-state index contributed by atoms with van der Waals surface area (Å²) in [6.45, 7) is 7.50. The van der Waals surface area contributed by atoms with Crippen LogP contribution < -0.4 is 0 Å². The maximum Gasteiger partial charge on any atom is 0.0781 e. The number of hydrogen-bond acceptors (Lipinski definition) is 0. The molecule has 0 unspecified atom stereocenters. The van der Waals surface area contributed by atoms with E-state index >= 15 is 0 Å². The summed E-state index contributed by atoms with van der Waals surface area (Å²) < 4.78 is 1.38. The zero-order valence-corrected chi connectivity index (χ0v) is 24.1. The SMILES string of the molecule is CCCCCCCCCCCCC[N+](C)(C[SiH3])CCCCCCCCCCCCC. The van der Waals surface area contributed by atoms with Gasteiger partial charge in [0.25, 0.3) is 0 Å². The Balaban J connectivity index is 3.45. The number of hydrogen-bond donors (Lipinski definition) is 0. The Morgan fingerprint density at radius 2 is 0.633 bits per heavy atom. The molecule has 0 saturated carbocycles. The Labute approximate surface area is 196 Å². The van der Waals surface area contributed by atoms with Gasteiger partial charge in [0.2, 0.25) is 0 Å². The molecule has 2 heteroatoms. The van der Waals surface area contributed by atoms with Gasteiger partial charge < -0.3 is 4.48 Å². The fraction of sp³-hybridized carbons (Fsp3) is 1.00. The molecule has 0 rings (SSSR count). The van der Waals surface area contributed by atoms with Crippen molar-refractivity contribution in [1.29, 1.82) is 0 Å². The van der Waals surface area contributed by atoms with Gasteiger partial charge in [-0.25, -0.2) is 0 Å². The van der Waals surface area contributed by atoms with Gasteiger partial charge in [0.15, 0.2) is 0 Å². The standard InChI is InChI=1S/C28H62NSi/c1-4-6-8-10-12-14-16-18-20-22-24-26-29(3,28-30)27-25-23-21-19-17-15-13-11-9-7-5-2/h4-28H2,1-3,30H3/q+1. The van der Waals surface area contributed by atoms with Crippen LogP contribution in [0.1, 0.15) is 155 Å². The van der Waals surface area contributed by atoms with Crippen LogP contribution in [0.5, 0.6) is 0 Å². The number of unbranched alkanes of at least 4 members (excludes halogenated alkanes) is 20. The summed E-state index contributed by atoms with van der Waals surface area (Å²) in [5.74, 6) is 0. The smallest absolute Gasteiger partial charge is 0.0781 e. The van der Waals surface area contributed by atoms with Crippen LogP contribution in [-0.2, 0) is 0 Å². The van der Waals surface area contributed by atoms with Crippen molar-refractivity contribution < 1.29 is 4.48 Å². The van der Waals surface area contributed by atoms with Crippen molar-refractivity contribution >= 4 is 10.2 Å². The fourth-order valence-corrected chi connectivity index (χ4v) is 5.38. The molecule has 0 fully saturated rings. The van der Waals surface area contributed by atoms with Gasteiger partial charge in [0.1, 0.15) is 0 Å². The minimum absolute atomic E-state index is 1.36. The van der Waals surface area contributed by atoms with Crippen molar-refractivity contribution in [2.45, 2.75) is 155 Å². The minimum atomic E-state index is 1.36. The van der Waals surface area contributed by atoms with E-state index in [2.05, 4.69) is 20.9 Å². The topological polar surface area (TPSA) is 0 Å². The molecule has 0 aliphatic rings. The van der Waals surface area contributed by atoms with E-state index in [1.54, 1.807) is 0 Å². The van der Waals surface area contributed by atoms with Crippen LogP contribution >= 0.6 is 0 Å².